The number of thiophene rings is 1. The van der Waals surface area contributed by atoms with Crippen molar-refractivity contribution < 1.29 is 4.79 Å². The Morgan fingerprint density at radius 1 is 1.30 bits per heavy atom. The van der Waals surface area contributed by atoms with Gasteiger partial charge in [0.15, 0.2) is 0 Å². The van der Waals surface area contributed by atoms with Gasteiger partial charge in [0.2, 0.25) is 0 Å². The van der Waals surface area contributed by atoms with E-state index in [-0.39, 0.29) is 5.91 Å². The van der Waals surface area contributed by atoms with E-state index in [0.717, 1.165) is 16.3 Å². The highest BCUT2D eigenvalue weighted by Gasteiger charge is 2.12. The monoisotopic (exact) mass is 365 g/mol. The maximum atomic E-state index is 12.2. The summed E-state index contributed by atoms with van der Waals surface area (Å²) in [6.07, 6.45) is 2.32. The highest BCUT2D eigenvalue weighted by molar-refractivity contribution is 7.13. The van der Waals surface area contributed by atoms with Gasteiger partial charge >= 0.3 is 0 Å². The van der Waals surface area contributed by atoms with Crippen LogP contribution in [-0.4, -0.2) is 22.4 Å². The first-order valence-corrected chi connectivity index (χ1v) is 8.58. The van der Waals surface area contributed by atoms with E-state index in [4.69, 9.17) is 23.2 Å². The zero-order valence-electron chi connectivity index (χ0n) is 12.0. The number of carbonyl (C=O) groups excluding carboxylic acids is 1. The molecule has 2 aromatic heterocycles. The van der Waals surface area contributed by atoms with Crippen LogP contribution in [0.5, 0.6) is 0 Å². The molecule has 0 fully saturated rings. The van der Waals surface area contributed by atoms with Gasteiger partial charge in [0, 0.05) is 23.7 Å². The Morgan fingerprint density at radius 2 is 2.17 bits per heavy atom. The number of imidazole rings is 1. The molecule has 0 unspecified atom stereocenters. The van der Waals surface area contributed by atoms with Gasteiger partial charge in [-0.25, -0.2) is 4.98 Å². The molecule has 0 aliphatic rings. The van der Waals surface area contributed by atoms with Crippen molar-refractivity contribution in [1.29, 1.82) is 0 Å². The van der Waals surface area contributed by atoms with Crippen LogP contribution in [0.2, 0.25) is 10.0 Å². The van der Waals surface area contributed by atoms with Crippen LogP contribution in [0.25, 0.3) is 10.6 Å². The van der Waals surface area contributed by atoms with Crippen molar-refractivity contribution in [1.82, 2.24) is 15.3 Å². The van der Waals surface area contributed by atoms with Gasteiger partial charge in [-0.3, -0.25) is 4.79 Å². The lowest BCUT2D eigenvalue weighted by Crippen LogP contribution is -2.26. The van der Waals surface area contributed by atoms with Gasteiger partial charge in [0.1, 0.15) is 5.69 Å². The maximum absolute atomic E-state index is 12.2. The minimum atomic E-state index is -0.241. The third-order valence-electron chi connectivity index (χ3n) is 3.31. The Labute approximate surface area is 147 Å². The van der Waals surface area contributed by atoms with Crippen molar-refractivity contribution in [3.63, 3.8) is 0 Å². The number of benzene rings is 1. The van der Waals surface area contributed by atoms with Crippen molar-refractivity contribution >= 4 is 40.4 Å². The Kier molecular flexibility index (Phi) is 5.00. The average Bonchev–Trinajstić information content (AvgIpc) is 3.20. The second kappa shape index (κ2) is 7.17. The van der Waals surface area contributed by atoms with Gasteiger partial charge in [0.25, 0.3) is 5.91 Å². The lowest BCUT2D eigenvalue weighted by atomic mass is 10.2. The van der Waals surface area contributed by atoms with Gasteiger partial charge in [-0.05, 0) is 29.6 Å². The quantitative estimate of drug-likeness (QED) is 0.702. The SMILES string of the molecule is O=C(NCCc1[nH]cnc1-c1cccs1)c1cc(Cl)ccc1Cl. The van der Waals surface area contributed by atoms with Crippen LogP contribution < -0.4 is 5.32 Å². The maximum Gasteiger partial charge on any atom is 0.252 e. The number of aromatic amines is 1. The van der Waals surface area contributed by atoms with Crippen LogP contribution in [0, 0.1) is 0 Å². The van der Waals surface area contributed by atoms with E-state index in [1.807, 2.05) is 17.5 Å². The van der Waals surface area contributed by atoms with Crippen molar-refractivity contribution in [3.8, 4) is 10.6 Å². The Hall–Kier alpha value is -1.82. The number of H-pyrrole nitrogens is 1. The van der Waals surface area contributed by atoms with Crippen molar-refractivity contribution in [2.24, 2.45) is 0 Å². The normalized spacial score (nSPS) is 10.7. The molecule has 3 rings (SSSR count). The molecule has 0 spiro atoms. The predicted molar refractivity (Wildman–Crippen MR) is 94.4 cm³/mol. The summed E-state index contributed by atoms with van der Waals surface area (Å²) in [5, 5.41) is 5.72. The van der Waals surface area contributed by atoms with Crippen LogP contribution >= 0.6 is 34.5 Å². The summed E-state index contributed by atoms with van der Waals surface area (Å²) in [5.41, 5.74) is 2.29. The first kappa shape index (κ1) is 16.1. The molecular weight excluding hydrogens is 353 g/mol. The van der Waals surface area contributed by atoms with Crippen LogP contribution in [0.3, 0.4) is 0 Å². The standard InChI is InChI=1S/C16H13Cl2N3OS/c17-10-3-4-12(18)11(8-10)16(22)19-6-5-13-15(21-9-20-13)14-2-1-7-23-14/h1-4,7-9H,5-6H2,(H,19,22)(H,20,21). The van der Waals surface area contributed by atoms with Crippen molar-refractivity contribution in [2.75, 3.05) is 6.54 Å². The summed E-state index contributed by atoms with van der Waals surface area (Å²) in [5.74, 6) is -0.241. The summed E-state index contributed by atoms with van der Waals surface area (Å²) in [6, 6.07) is 8.84. The molecular formula is C16H13Cl2N3OS. The zero-order valence-corrected chi connectivity index (χ0v) is 14.3. The molecule has 118 valence electrons. The number of halogens is 2. The molecule has 1 amide bonds. The first-order chi connectivity index (χ1) is 11.1. The predicted octanol–water partition coefficient (Wildman–Crippen LogP) is 4.42. The van der Waals surface area contributed by atoms with E-state index in [0.29, 0.717) is 28.6 Å². The minimum absolute atomic E-state index is 0.241. The molecule has 2 N–H and O–H groups in total. The smallest absolute Gasteiger partial charge is 0.252 e. The topological polar surface area (TPSA) is 57.8 Å². The molecule has 4 nitrogen and oxygen atoms in total. The van der Waals surface area contributed by atoms with Gasteiger partial charge < -0.3 is 10.3 Å². The van der Waals surface area contributed by atoms with Crippen LogP contribution in [0.15, 0.2) is 42.0 Å². The number of nitrogens with one attached hydrogen (secondary N) is 2. The molecule has 0 saturated carbocycles. The van der Waals surface area contributed by atoms with E-state index < -0.39 is 0 Å². The summed E-state index contributed by atoms with van der Waals surface area (Å²) in [6.45, 7) is 0.474. The van der Waals surface area contributed by atoms with E-state index in [2.05, 4.69) is 15.3 Å². The Balaban J connectivity index is 1.63. The third-order valence-corrected chi connectivity index (χ3v) is 4.75. The Morgan fingerprint density at radius 3 is 2.96 bits per heavy atom. The number of hydrogen-bond acceptors (Lipinski definition) is 3. The minimum Gasteiger partial charge on any atom is -0.352 e. The van der Waals surface area contributed by atoms with Gasteiger partial charge in [-0.2, -0.15) is 0 Å². The lowest BCUT2D eigenvalue weighted by molar-refractivity contribution is 0.0954. The average molecular weight is 366 g/mol. The number of hydrogen-bond donors (Lipinski definition) is 2. The molecule has 3 aromatic rings. The summed E-state index contributed by atoms with van der Waals surface area (Å²) in [4.78, 5) is 20.8. The molecule has 0 radical (unpaired) electrons. The molecule has 0 aliphatic heterocycles. The lowest BCUT2D eigenvalue weighted by Gasteiger charge is -2.07. The number of rotatable bonds is 5. The van der Waals surface area contributed by atoms with E-state index in [1.54, 1.807) is 35.9 Å². The van der Waals surface area contributed by atoms with Crippen molar-refractivity contribution in [2.45, 2.75) is 6.42 Å². The molecule has 1 aromatic carbocycles. The number of amides is 1. The largest absolute Gasteiger partial charge is 0.352 e. The highest BCUT2D eigenvalue weighted by atomic mass is 35.5. The summed E-state index contributed by atoms with van der Waals surface area (Å²) >= 11 is 13.6. The Bertz CT molecular complexity index is 815. The summed E-state index contributed by atoms with van der Waals surface area (Å²) < 4.78 is 0. The van der Waals surface area contributed by atoms with Crippen LogP contribution in [0.1, 0.15) is 16.1 Å². The molecule has 0 bridgehead atoms. The van der Waals surface area contributed by atoms with Gasteiger partial charge in [-0.15, -0.1) is 11.3 Å². The number of nitrogens with zero attached hydrogens (tertiary/aromatic N) is 1. The first-order valence-electron chi connectivity index (χ1n) is 6.94. The molecule has 2 heterocycles. The molecule has 7 heteroatoms. The number of carbonyl (C=O) groups is 1. The third kappa shape index (κ3) is 3.75. The fraction of sp³-hybridized carbons (Fsp3) is 0.125. The fourth-order valence-electron chi connectivity index (χ4n) is 2.20. The van der Waals surface area contributed by atoms with E-state index in [9.17, 15) is 4.79 Å². The zero-order chi connectivity index (χ0) is 16.2. The van der Waals surface area contributed by atoms with Gasteiger partial charge in [0.05, 0.1) is 21.8 Å². The molecule has 0 aliphatic carbocycles. The van der Waals surface area contributed by atoms with Gasteiger partial charge in [-0.1, -0.05) is 29.3 Å². The second-order valence-electron chi connectivity index (χ2n) is 4.84. The van der Waals surface area contributed by atoms with Crippen LogP contribution in [-0.2, 0) is 6.42 Å². The van der Waals surface area contributed by atoms with E-state index >= 15 is 0 Å². The molecule has 0 saturated heterocycles. The highest BCUT2D eigenvalue weighted by Crippen LogP contribution is 2.25. The number of aromatic nitrogens is 2. The fourth-order valence-corrected chi connectivity index (χ4v) is 3.33. The van der Waals surface area contributed by atoms with E-state index in [1.165, 1.54) is 0 Å². The molecule has 0 atom stereocenters. The molecule has 23 heavy (non-hydrogen) atoms. The van der Waals surface area contributed by atoms with Crippen LogP contribution in [0.4, 0.5) is 0 Å². The summed E-state index contributed by atoms with van der Waals surface area (Å²) in [7, 11) is 0. The second-order valence-corrected chi connectivity index (χ2v) is 6.63. The van der Waals surface area contributed by atoms with Crippen molar-refractivity contribution in [3.05, 3.63) is 63.3 Å².